The number of hydrogen-bond donors (Lipinski definition) is 1. The summed E-state index contributed by atoms with van der Waals surface area (Å²) < 4.78 is 6.49. The molecule has 26 heavy (non-hydrogen) atoms. The van der Waals surface area contributed by atoms with Crippen molar-refractivity contribution in [3.63, 3.8) is 0 Å². The highest BCUT2D eigenvalue weighted by molar-refractivity contribution is 5.77. The Kier molecular flexibility index (Phi) is 5.36. The van der Waals surface area contributed by atoms with E-state index in [1.807, 2.05) is 4.90 Å². The van der Waals surface area contributed by atoms with Crippen LogP contribution in [0.4, 0.5) is 5.69 Å². The quantitative estimate of drug-likeness (QED) is 0.615. The molecule has 1 unspecified atom stereocenters. The van der Waals surface area contributed by atoms with Crippen LogP contribution in [0.3, 0.4) is 0 Å². The van der Waals surface area contributed by atoms with Gasteiger partial charge in [0, 0.05) is 38.2 Å². The highest BCUT2D eigenvalue weighted by Crippen LogP contribution is 2.21. The molecule has 1 aliphatic rings. The van der Waals surface area contributed by atoms with Gasteiger partial charge in [0.1, 0.15) is 0 Å². The fourth-order valence-electron chi connectivity index (χ4n) is 3.49. The van der Waals surface area contributed by atoms with E-state index in [0.717, 1.165) is 25.8 Å². The summed E-state index contributed by atoms with van der Waals surface area (Å²) in [7, 11) is 0. The largest absolute Gasteiger partial charge is 0.419 e. The minimum absolute atomic E-state index is 0.0524. The topological polar surface area (TPSA) is 125 Å². The van der Waals surface area contributed by atoms with Crippen LogP contribution >= 0.6 is 0 Å². The molecule has 0 bridgehead atoms. The third-order valence-electron chi connectivity index (χ3n) is 4.85. The van der Waals surface area contributed by atoms with Gasteiger partial charge in [0.05, 0.1) is 16.5 Å². The van der Waals surface area contributed by atoms with Crippen LogP contribution in [0.2, 0.25) is 0 Å². The number of non-ortho nitro benzene ring substituents is 1. The summed E-state index contributed by atoms with van der Waals surface area (Å²) in [5, 5.41) is 10.8. The Morgan fingerprint density at radius 2 is 2.19 bits per heavy atom. The summed E-state index contributed by atoms with van der Waals surface area (Å²) in [6, 6.07) is 4.17. The van der Waals surface area contributed by atoms with Gasteiger partial charge in [0.2, 0.25) is 5.91 Å². The zero-order valence-corrected chi connectivity index (χ0v) is 14.4. The van der Waals surface area contributed by atoms with Crippen LogP contribution < -0.4 is 11.5 Å². The number of oxazole rings is 1. The Morgan fingerprint density at radius 1 is 1.38 bits per heavy atom. The molecule has 2 N–H and O–H groups in total. The van der Waals surface area contributed by atoms with Gasteiger partial charge in [-0.2, -0.15) is 0 Å². The first-order chi connectivity index (χ1) is 12.5. The summed E-state index contributed by atoms with van der Waals surface area (Å²) in [6.07, 6.45) is 3.83. The zero-order chi connectivity index (χ0) is 18.7. The van der Waals surface area contributed by atoms with Crippen molar-refractivity contribution in [1.29, 1.82) is 0 Å². The van der Waals surface area contributed by atoms with Gasteiger partial charge >= 0.3 is 5.76 Å². The number of hydrogen-bond acceptors (Lipinski definition) is 6. The zero-order valence-electron chi connectivity index (χ0n) is 14.4. The number of likely N-dealkylation sites (tertiary alicyclic amines) is 1. The number of amides is 1. The van der Waals surface area contributed by atoms with Crippen molar-refractivity contribution in [1.82, 2.24) is 9.47 Å². The second-order valence-electron chi connectivity index (χ2n) is 6.50. The van der Waals surface area contributed by atoms with Gasteiger partial charge in [0.25, 0.3) is 5.69 Å². The van der Waals surface area contributed by atoms with Gasteiger partial charge in [0.15, 0.2) is 5.58 Å². The molecule has 0 saturated carbocycles. The fourth-order valence-corrected chi connectivity index (χ4v) is 3.49. The van der Waals surface area contributed by atoms with Gasteiger partial charge < -0.3 is 15.1 Å². The van der Waals surface area contributed by atoms with Crippen molar-refractivity contribution in [3.8, 4) is 0 Å². The second kappa shape index (κ2) is 7.69. The number of aromatic nitrogens is 1. The predicted molar refractivity (Wildman–Crippen MR) is 94.8 cm³/mol. The minimum Gasteiger partial charge on any atom is -0.407 e. The van der Waals surface area contributed by atoms with E-state index < -0.39 is 10.7 Å². The Balaban J connectivity index is 1.66. The summed E-state index contributed by atoms with van der Waals surface area (Å²) in [5.41, 5.74) is 6.29. The Hall–Kier alpha value is -2.68. The molecule has 1 aliphatic heterocycles. The number of fused-ring (bicyclic) bond motifs is 1. The molecule has 2 aromatic rings. The molecular formula is C17H22N4O5. The van der Waals surface area contributed by atoms with E-state index in [4.69, 9.17) is 10.2 Å². The molecule has 0 radical (unpaired) electrons. The summed E-state index contributed by atoms with van der Waals surface area (Å²) in [4.78, 5) is 36.6. The number of nitro groups is 1. The molecule has 0 spiro atoms. The molecule has 140 valence electrons. The number of nitro benzene ring substituents is 1. The van der Waals surface area contributed by atoms with E-state index in [0.29, 0.717) is 31.4 Å². The van der Waals surface area contributed by atoms with Crippen molar-refractivity contribution in [2.45, 2.75) is 44.7 Å². The lowest BCUT2D eigenvalue weighted by atomic mass is 10.0. The highest BCUT2D eigenvalue weighted by Gasteiger charge is 2.25. The van der Waals surface area contributed by atoms with Crippen LogP contribution in [0.1, 0.15) is 32.1 Å². The number of carbonyl (C=O) groups excluding carboxylic acids is 1. The Labute approximate surface area is 149 Å². The van der Waals surface area contributed by atoms with E-state index in [1.54, 1.807) is 0 Å². The van der Waals surface area contributed by atoms with E-state index in [2.05, 4.69) is 0 Å². The van der Waals surface area contributed by atoms with Crippen molar-refractivity contribution in [2.75, 3.05) is 13.1 Å². The number of rotatable bonds is 6. The van der Waals surface area contributed by atoms with Crippen molar-refractivity contribution in [3.05, 3.63) is 38.9 Å². The monoisotopic (exact) mass is 362 g/mol. The van der Waals surface area contributed by atoms with Crippen LogP contribution in [-0.4, -0.2) is 39.4 Å². The molecule has 1 atom stereocenters. The third kappa shape index (κ3) is 3.62. The average molecular weight is 362 g/mol. The maximum atomic E-state index is 12.4. The lowest BCUT2D eigenvalue weighted by molar-refractivity contribution is -0.384. The Bertz CT molecular complexity index is 872. The van der Waals surface area contributed by atoms with Crippen molar-refractivity contribution >= 4 is 22.7 Å². The molecule has 1 fully saturated rings. The van der Waals surface area contributed by atoms with Crippen molar-refractivity contribution < 1.29 is 14.1 Å². The Morgan fingerprint density at radius 3 is 2.92 bits per heavy atom. The second-order valence-corrected chi connectivity index (χ2v) is 6.50. The van der Waals surface area contributed by atoms with Crippen LogP contribution in [0, 0.1) is 10.1 Å². The van der Waals surface area contributed by atoms with Crippen molar-refractivity contribution in [2.24, 2.45) is 5.73 Å². The SMILES string of the molecule is NCC1CCCCN1C(=O)CCCn1c(=O)oc2cc([N+](=O)[O-])ccc21. The molecule has 1 saturated heterocycles. The summed E-state index contributed by atoms with van der Waals surface area (Å²) in [6.45, 7) is 1.52. The van der Waals surface area contributed by atoms with Gasteiger partial charge in [-0.1, -0.05) is 0 Å². The molecule has 3 rings (SSSR count). The maximum Gasteiger partial charge on any atom is 0.419 e. The molecule has 1 aromatic carbocycles. The molecule has 2 heterocycles. The minimum atomic E-state index is -0.578. The van der Waals surface area contributed by atoms with E-state index in [9.17, 15) is 19.7 Å². The van der Waals surface area contributed by atoms with E-state index in [1.165, 1.54) is 22.8 Å². The van der Waals surface area contributed by atoms with Crippen LogP contribution in [0.15, 0.2) is 27.4 Å². The molecular weight excluding hydrogens is 340 g/mol. The smallest absolute Gasteiger partial charge is 0.407 e. The summed E-state index contributed by atoms with van der Waals surface area (Å²) in [5.74, 6) is -0.526. The first-order valence-electron chi connectivity index (χ1n) is 8.78. The molecule has 1 aromatic heterocycles. The molecule has 0 aliphatic carbocycles. The lowest BCUT2D eigenvalue weighted by Gasteiger charge is -2.35. The molecule has 1 amide bonds. The number of aryl methyl sites for hydroxylation is 1. The fraction of sp³-hybridized carbons (Fsp3) is 0.529. The van der Waals surface area contributed by atoms with Gasteiger partial charge in [-0.25, -0.2) is 4.79 Å². The first-order valence-corrected chi connectivity index (χ1v) is 8.78. The van der Waals surface area contributed by atoms with E-state index >= 15 is 0 Å². The number of nitrogens with zero attached hydrogens (tertiary/aromatic N) is 3. The molecule has 9 nitrogen and oxygen atoms in total. The van der Waals surface area contributed by atoms with E-state index in [-0.39, 0.29) is 23.2 Å². The predicted octanol–water partition coefficient (Wildman–Crippen LogP) is 1.62. The third-order valence-corrected chi connectivity index (χ3v) is 4.85. The van der Waals surface area contributed by atoms with Crippen LogP contribution in [-0.2, 0) is 11.3 Å². The van der Waals surface area contributed by atoms with Crippen LogP contribution in [0.25, 0.3) is 11.1 Å². The molecule has 9 heteroatoms. The normalized spacial score (nSPS) is 17.6. The number of carbonyl (C=O) groups is 1. The number of piperidine rings is 1. The standard InChI is InChI=1S/C17H22N4O5/c18-11-13-4-1-2-8-19(13)16(22)5-3-9-20-14-7-6-12(21(24)25)10-15(14)26-17(20)23/h6-7,10,13H,1-5,8-9,11,18H2. The number of benzene rings is 1. The van der Waals surface area contributed by atoms with Gasteiger partial charge in [-0.05, 0) is 31.7 Å². The van der Waals surface area contributed by atoms with Gasteiger partial charge in [-0.3, -0.25) is 19.5 Å². The summed E-state index contributed by atoms with van der Waals surface area (Å²) >= 11 is 0. The van der Waals surface area contributed by atoms with Gasteiger partial charge in [-0.15, -0.1) is 0 Å². The average Bonchev–Trinajstić information content (AvgIpc) is 2.96. The number of nitrogens with two attached hydrogens (primary N) is 1. The maximum absolute atomic E-state index is 12.4. The first kappa shape index (κ1) is 18.1. The van der Waals surface area contributed by atoms with Crippen LogP contribution in [0.5, 0.6) is 0 Å². The lowest BCUT2D eigenvalue weighted by Crippen LogP contribution is -2.47. The highest BCUT2D eigenvalue weighted by atomic mass is 16.6.